The molecule has 3 heterocycles. The maximum atomic E-state index is 12.5. The van der Waals surface area contributed by atoms with Crippen LogP contribution < -0.4 is 10.2 Å². The molecule has 2 aromatic rings. The molecule has 1 saturated heterocycles. The van der Waals surface area contributed by atoms with Gasteiger partial charge in [0.15, 0.2) is 5.82 Å². The molecule has 0 bridgehead atoms. The fourth-order valence-corrected chi connectivity index (χ4v) is 4.63. The van der Waals surface area contributed by atoms with Crippen LogP contribution >= 0.6 is 0 Å². The van der Waals surface area contributed by atoms with Crippen molar-refractivity contribution in [1.29, 1.82) is 0 Å². The van der Waals surface area contributed by atoms with E-state index in [1.165, 1.54) is 12.8 Å². The first-order valence-corrected chi connectivity index (χ1v) is 11.7. The summed E-state index contributed by atoms with van der Waals surface area (Å²) in [5.74, 6) is 2.61. The Morgan fingerprint density at radius 2 is 1.90 bits per heavy atom. The van der Waals surface area contributed by atoms with Crippen LogP contribution in [0.5, 0.6) is 0 Å². The van der Waals surface area contributed by atoms with Crippen molar-refractivity contribution in [3.63, 3.8) is 0 Å². The van der Waals surface area contributed by atoms with Crippen LogP contribution in [0.1, 0.15) is 45.2 Å². The molecular weight excluding hydrogens is 388 g/mol. The van der Waals surface area contributed by atoms with Crippen LogP contribution in [-0.4, -0.2) is 64.5 Å². The van der Waals surface area contributed by atoms with Gasteiger partial charge < -0.3 is 10.2 Å². The van der Waals surface area contributed by atoms with Gasteiger partial charge in [0.05, 0.1) is 6.54 Å². The van der Waals surface area contributed by atoms with Crippen molar-refractivity contribution < 1.29 is 4.79 Å². The predicted molar refractivity (Wildman–Crippen MR) is 123 cm³/mol. The zero-order valence-corrected chi connectivity index (χ0v) is 18.8. The smallest absolute Gasteiger partial charge is 0.234 e. The Labute approximate surface area is 185 Å². The molecule has 7 nitrogen and oxygen atoms in total. The molecule has 1 aliphatic heterocycles. The Balaban J connectivity index is 1.33. The minimum atomic E-state index is 0.169. The minimum absolute atomic E-state index is 0.169. The monoisotopic (exact) mass is 422 g/mol. The second-order valence-corrected chi connectivity index (χ2v) is 8.93. The third kappa shape index (κ3) is 5.79. The SMILES string of the molecule is CCc1cc(N2CCN(CC(=O)NC3CCCC(C)C3)CC2)nc(-c2ccncc2)n1. The number of piperazine rings is 1. The summed E-state index contributed by atoms with van der Waals surface area (Å²) in [5.41, 5.74) is 2.03. The van der Waals surface area contributed by atoms with Gasteiger partial charge in [0.25, 0.3) is 0 Å². The summed E-state index contributed by atoms with van der Waals surface area (Å²) in [7, 11) is 0. The number of nitrogens with zero attached hydrogens (tertiary/aromatic N) is 5. The molecule has 2 aliphatic rings. The molecular formula is C24H34N6O. The summed E-state index contributed by atoms with van der Waals surface area (Å²) >= 11 is 0. The fourth-order valence-electron chi connectivity index (χ4n) is 4.63. The molecule has 2 fully saturated rings. The molecule has 2 atom stereocenters. The molecule has 0 radical (unpaired) electrons. The molecule has 31 heavy (non-hydrogen) atoms. The molecule has 7 heteroatoms. The first-order valence-electron chi connectivity index (χ1n) is 11.7. The van der Waals surface area contributed by atoms with E-state index in [1.807, 2.05) is 12.1 Å². The van der Waals surface area contributed by atoms with E-state index in [9.17, 15) is 4.79 Å². The first kappa shape index (κ1) is 21.7. The lowest BCUT2D eigenvalue weighted by Crippen LogP contribution is -2.51. The second kappa shape index (κ2) is 10.2. The molecule has 1 saturated carbocycles. The summed E-state index contributed by atoms with van der Waals surface area (Å²) in [6.45, 7) is 8.36. The third-order valence-electron chi connectivity index (χ3n) is 6.43. The van der Waals surface area contributed by atoms with Crippen LogP contribution in [0.25, 0.3) is 11.4 Å². The molecule has 0 spiro atoms. The zero-order valence-electron chi connectivity index (χ0n) is 18.8. The molecule has 1 N–H and O–H groups in total. The Hall–Kier alpha value is -2.54. The fraction of sp³-hybridized carbons (Fsp3) is 0.583. The standard InChI is InChI=1S/C24H34N6O/c1-3-20-16-22(28-24(27-20)19-7-9-25-10-8-19)30-13-11-29(12-14-30)17-23(31)26-21-6-4-5-18(2)15-21/h7-10,16,18,21H,3-6,11-15,17H2,1-2H3,(H,26,31). The third-order valence-corrected chi connectivity index (χ3v) is 6.43. The van der Waals surface area contributed by atoms with Crippen molar-refractivity contribution in [3.05, 3.63) is 36.3 Å². The first-order chi connectivity index (χ1) is 15.1. The average molecular weight is 423 g/mol. The summed E-state index contributed by atoms with van der Waals surface area (Å²) in [4.78, 5) is 30.7. The molecule has 1 amide bonds. The highest BCUT2D eigenvalue weighted by Crippen LogP contribution is 2.24. The van der Waals surface area contributed by atoms with E-state index in [0.29, 0.717) is 12.6 Å². The van der Waals surface area contributed by atoms with Gasteiger partial charge in [-0.05, 0) is 37.3 Å². The van der Waals surface area contributed by atoms with Gasteiger partial charge in [-0.15, -0.1) is 0 Å². The van der Waals surface area contributed by atoms with Crippen LogP contribution in [0, 0.1) is 5.92 Å². The molecule has 2 unspecified atom stereocenters. The van der Waals surface area contributed by atoms with Crippen LogP contribution in [-0.2, 0) is 11.2 Å². The molecule has 166 valence electrons. The summed E-state index contributed by atoms with van der Waals surface area (Å²) in [5, 5.41) is 3.26. The van der Waals surface area contributed by atoms with Gasteiger partial charge in [-0.25, -0.2) is 9.97 Å². The number of amides is 1. The van der Waals surface area contributed by atoms with E-state index >= 15 is 0 Å². The maximum Gasteiger partial charge on any atom is 0.234 e. The van der Waals surface area contributed by atoms with Crippen molar-refractivity contribution in [3.8, 4) is 11.4 Å². The Morgan fingerprint density at radius 3 is 2.61 bits per heavy atom. The van der Waals surface area contributed by atoms with E-state index in [2.05, 4.69) is 40.0 Å². The molecule has 1 aliphatic carbocycles. The van der Waals surface area contributed by atoms with Crippen LogP contribution in [0.2, 0.25) is 0 Å². The number of carbonyl (C=O) groups excluding carboxylic acids is 1. The number of aryl methyl sites for hydroxylation is 1. The molecule has 2 aromatic heterocycles. The number of anilines is 1. The number of aromatic nitrogens is 3. The number of hydrogen-bond acceptors (Lipinski definition) is 6. The lowest BCUT2D eigenvalue weighted by Gasteiger charge is -2.35. The average Bonchev–Trinajstić information content (AvgIpc) is 2.80. The Kier molecular flexibility index (Phi) is 7.12. The maximum absolute atomic E-state index is 12.5. The number of carbonyl (C=O) groups is 1. The largest absolute Gasteiger partial charge is 0.354 e. The summed E-state index contributed by atoms with van der Waals surface area (Å²) in [6, 6.07) is 6.35. The van der Waals surface area contributed by atoms with Gasteiger partial charge in [0.2, 0.25) is 5.91 Å². The van der Waals surface area contributed by atoms with Crippen molar-refractivity contribution in [2.45, 2.75) is 52.0 Å². The van der Waals surface area contributed by atoms with Gasteiger partial charge in [-0.1, -0.05) is 26.7 Å². The van der Waals surface area contributed by atoms with Gasteiger partial charge in [-0.2, -0.15) is 0 Å². The van der Waals surface area contributed by atoms with Gasteiger partial charge in [0.1, 0.15) is 5.82 Å². The highest BCUT2D eigenvalue weighted by Gasteiger charge is 2.24. The topological polar surface area (TPSA) is 74.2 Å². The Bertz CT molecular complexity index is 866. The normalized spacial score (nSPS) is 22.3. The lowest BCUT2D eigenvalue weighted by molar-refractivity contribution is -0.123. The van der Waals surface area contributed by atoms with E-state index in [4.69, 9.17) is 9.97 Å². The van der Waals surface area contributed by atoms with Crippen LogP contribution in [0.4, 0.5) is 5.82 Å². The number of pyridine rings is 1. The molecule has 4 rings (SSSR count). The van der Waals surface area contributed by atoms with Crippen molar-refractivity contribution in [2.75, 3.05) is 37.6 Å². The Morgan fingerprint density at radius 1 is 1.13 bits per heavy atom. The van der Waals surface area contributed by atoms with E-state index < -0.39 is 0 Å². The van der Waals surface area contributed by atoms with Crippen molar-refractivity contribution in [2.24, 2.45) is 5.92 Å². The van der Waals surface area contributed by atoms with Gasteiger partial charge >= 0.3 is 0 Å². The van der Waals surface area contributed by atoms with Gasteiger partial charge in [0, 0.05) is 61.9 Å². The highest BCUT2D eigenvalue weighted by atomic mass is 16.2. The minimum Gasteiger partial charge on any atom is -0.354 e. The quantitative estimate of drug-likeness (QED) is 0.772. The lowest BCUT2D eigenvalue weighted by atomic mass is 9.87. The zero-order chi connectivity index (χ0) is 21.6. The summed E-state index contributed by atoms with van der Waals surface area (Å²) in [6.07, 6.45) is 9.17. The van der Waals surface area contributed by atoms with Crippen molar-refractivity contribution >= 4 is 11.7 Å². The van der Waals surface area contributed by atoms with Crippen LogP contribution in [0.3, 0.4) is 0 Å². The number of hydrogen-bond donors (Lipinski definition) is 1. The molecule has 0 aromatic carbocycles. The van der Waals surface area contributed by atoms with E-state index in [0.717, 1.165) is 74.3 Å². The second-order valence-electron chi connectivity index (χ2n) is 8.93. The predicted octanol–water partition coefficient (Wildman–Crippen LogP) is 2.92. The van der Waals surface area contributed by atoms with Crippen molar-refractivity contribution in [1.82, 2.24) is 25.2 Å². The number of rotatable bonds is 6. The highest BCUT2D eigenvalue weighted by molar-refractivity contribution is 5.78. The summed E-state index contributed by atoms with van der Waals surface area (Å²) < 4.78 is 0. The van der Waals surface area contributed by atoms with E-state index in [-0.39, 0.29) is 5.91 Å². The van der Waals surface area contributed by atoms with E-state index in [1.54, 1.807) is 12.4 Å². The number of nitrogens with one attached hydrogen (secondary N) is 1. The van der Waals surface area contributed by atoms with Crippen LogP contribution in [0.15, 0.2) is 30.6 Å². The van der Waals surface area contributed by atoms with Gasteiger partial charge in [-0.3, -0.25) is 14.7 Å².